The molecule has 8 heteroatoms. The van der Waals surface area contributed by atoms with Crippen LogP contribution in [0.25, 0.3) is 0 Å². The van der Waals surface area contributed by atoms with Crippen molar-refractivity contribution in [2.45, 2.75) is 0 Å². The first-order chi connectivity index (χ1) is 12.0. The lowest BCUT2D eigenvalue weighted by molar-refractivity contribution is -0.384. The summed E-state index contributed by atoms with van der Waals surface area (Å²) < 4.78 is 13.5. The summed E-state index contributed by atoms with van der Waals surface area (Å²) >= 11 is 0. The van der Waals surface area contributed by atoms with E-state index in [1.807, 2.05) is 0 Å². The van der Waals surface area contributed by atoms with Gasteiger partial charge in [-0.3, -0.25) is 14.9 Å². The quantitative estimate of drug-likeness (QED) is 0.682. The van der Waals surface area contributed by atoms with Crippen LogP contribution < -0.4 is 4.90 Å². The highest BCUT2D eigenvalue weighted by atomic mass is 19.1. The second-order valence-corrected chi connectivity index (χ2v) is 5.69. The van der Waals surface area contributed by atoms with Crippen molar-refractivity contribution in [1.29, 1.82) is 0 Å². The molecular weight excluding hydrogens is 329 g/mol. The Morgan fingerprint density at radius 3 is 2.44 bits per heavy atom. The number of nitro benzene ring substituents is 1. The van der Waals surface area contributed by atoms with Gasteiger partial charge in [0.2, 0.25) is 0 Å². The minimum Gasteiger partial charge on any atom is -0.507 e. The third-order valence-electron chi connectivity index (χ3n) is 4.18. The standard InChI is InChI=1S/C17H16FN3O4/c18-12-5-6-14(21(24)25)15(11-12)19-7-9-20(10-8-19)17(23)13-3-1-2-4-16(13)22/h1-6,11,22H,7-10H2. The Balaban J connectivity index is 1.75. The number of phenols is 1. The van der Waals surface area contributed by atoms with Crippen LogP contribution in [0, 0.1) is 15.9 Å². The molecule has 1 fully saturated rings. The molecule has 1 aliphatic heterocycles. The Bertz CT molecular complexity index is 819. The molecule has 25 heavy (non-hydrogen) atoms. The molecule has 1 aliphatic rings. The van der Waals surface area contributed by atoms with Crippen LogP contribution >= 0.6 is 0 Å². The SMILES string of the molecule is O=C(c1ccccc1O)N1CCN(c2cc(F)ccc2[N+](=O)[O-])CC1. The van der Waals surface area contributed by atoms with Gasteiger partial charge in [0.05, 0.1) is 10.5 Å². The first kappa shape index (κ1) is 16.7. The number of nitro groups is 1. The van der Waals surface area contributed by atoms with E-state index < -0.39 is 10.7 Å². The van der Waals surface area contributed by atoms with Crippen molar-refractivity contribution in [3.63, 3.8) is 0 Å². The molecule has 1 saturated heterocycles. The fraction of sp³-hybridized carbons (Fsp3) is 0.235. The minimum atomic E-state index is -0.548. The second-order valence-electron chi connectivity index (χ2n) is 5.69. The summed E-state index contributed by atoms with van der Waals surface area (Å²) in [5.41, 5.74) is 0.259. The third kappa shape index (κ3) is 3.37. The molecule has 2 aromatic carbocycles. The predicted octanol–water partition coefficient (Wildman–Crippen LogP) is 2.40. The summed E-state index contributed by atoms with van der Waals surface area (Å²) in [5.74, 6) is -0.935. The van der Waals surface area contributed by atoms with Gasteiger partial charge in [-0.15, -0.1) is 0 Å². The fourth-order valence-electron chi connectivity index (χ4n) is 2.88. The number of carbonyl (C=O) groups is 1. The van der Waals surface area contributed by atoms with Gasteiger partial charge >= 0.3 is 0 Å². The maximum absolute atomic E-state index is 13.5. The van der Waals surface area contributed by atoms with Gasteiger partial charge in [0.1, 0.15) is 17.3 Å². The van der Waals surface area contributed by atoms with Crippen molar-refractivity contribution in [2.24, 2.45) is 0 Å². The number of para-hydroxylation sites is 1. The average molecular weight is 345 g/mol. The summed E-state index contributed by atoms with van der Waals surface area (Å²) in [6, 6.07) is 9.62. The Labute approximate surface area is 143 Å². The fourth-order valence-corrected chi connectivity index (χ4v) is 2.88. The zero-order chi connectivity index (χ0) is 18.0. The number of amides is 1. The number of nitrogens with zero attached hydrogens (tertiary/aromatic N) is 3. The van der Waals surface area contributed by atoms with Gasteiger partial charge in [-0.05, 0) is 18.2 Å². The Hall–Kier alpha value is -3.16. The topological polar surface area (TPSA) is 86.9 Å². The van der Waals surface area contributed by atoms with Gasteiger partial charge in [-0.1, -0.05) is 12.1 Å². The third-order valence-corrected chi connectivity index (χ3v) is 4.18. The van der Waals surface area contributed by atoms with E-state index in [0.29, 0.717) is 26.2 Å². The van der Waals surface area contributed by atoms with Gasteiger partial charge in [-0.2, -0.15) is 0 Å². The molecule has 0 saturated carbocycles. The van der Waals surface area contributed by atoms with Gasteiger partial charge < -0.3 is 14.9 Å². The molecule has 7 nitrogen and oxygen atoms in total. The number of anilines is 1. The van der Waals surface area contributed by atoms with E-state index in [-0.39, 0.29) is 28.6 Å². The normalized spacial score (nSPS) is 14.4. The van der Waals surface area contributed by atoms with Crippen LogP contribution in [0.15, 0.2) is 42.5 Å². The van der Waals surface area contributed by atoms with Crippen LogP contribution in [-0.2, 0) is 0 Å². The molecule has 2 aromatic rings. The van der Waals surface area contributed by atoms with Crippen molar-refractivity contribution in [2.75, 3.05) is 31.1 Å². The van der Waals surface area contributed by atoms with Crippen molar-refractivity contribution >= 4 is 17.3 Å². The van der Waals surface area contributed by atoms with Crippen LogP contribution in [0.1, 0.15) is 10.4 Å². The Kier molecular flexibility index (Phi) is 4.51. The maximum atomic E-state index is 13.5. The molecule has 130 valence electrons. The summed E-state index contributed by atoms with van der Waals surface area (Å²) in [6.07, 6.45) is 0. The maximum Gasteiger partial charge on any atom is 0.292 e. The number of piperazine rings is 1. The molecule has 1 amide bonds. The molecule has 0 spiro atoms. The summed E-state index contributed by atoms with van der Waals surface area (Å²) in [6.45, 7) is 1.31. The van der Waals surface area contributed by atoms with Crippen LogP contribution in [0.3, 0.4) is 0 Å². The molecule has 0 aromatic heterocycles. The zero-order valence-corrected chi connectivity index (χ0v) is 13.3. The highest BCUT2D eigenvalue weighted by Crippen LogP contribution is 2.30. The molecule has 0 radical (unpaired) electrons. The van der Waals surface area contributed by atoms with E-state index in [4.69, 9.17) is 0 Å². The molecule has 0 unspecified atom stereocenters. The number of rotatable bonds is 3. The lowest BCUT2D eigenvalue weighted by atomic mass is 10.1. The summed E-state index contributed by atoms with van der Waals surface area (Å²) in [7, 11) is 0. The molecular formula is C17H16FN3O4. The molecule has 0 aliphatic carbocycles. The first-order valence-electron chi connectivity index (χ1n) is 7.73. The number of halogens is 1. The largest absolute Gasteiger partial charge is 0.507 e. The number of phenolic OH excluding ortho intramolecular Hbond substituents is 1. The van der Waals surface area contributed by atoms with Crippen molar-refractivity contribution in [3.05, 3.63) is 64.0 Å². The van der Waals surface area contributed by atoms with E-state index in [2.05, 4.69) is 0 Å². The number of hydrogen-bond donors (Lipinski definition) is 1. The smallest absolute Gasteiger partial charge is 0.292 e. The van der Waals surface area contributed by atoms with Crippen LogP contribution in [0.5, 0.6) is 5.75 Å². The zero-order valence-electron chi connectivity index (χ0n) is 13.3. The Morgan fingerprint density at radius 2 is 1.80 bits per heavy atom. The number of carbonyl (C=O) groups excluding carboxylic acids is 1. The Morgan fingerprint density at radius 1 is 1.12 bits per heavy atom. The van der Waals surface area contributed by atoms with Crippen molar-refractivity contribution in [1.82, 2.24) is 4.90 Å². The highest BCUT2D eigenvalue weighted by molar-refractivity contribution is 5.97. The van der Waals surface area contributed by atoms with Crippen LogP contribution in [0.4, 0.5) is 15.8 Å². The molecule has 0 bridgehead atoms. The molecule has 0 atom stereocenters. The number of benzene rings is 2. The lowest BCUT2D eigenvalue weighted by Gasteiger charge is -2.35. The van der Waals surface area contributed by atoms with E-state index in [0.717, 1.165) is 18.2 Å². The van der Waals surface area contributed by atoms with E-state index in [1.54, 1.807) is 28.0 Å². The monoisotopic (exact) mass is 345 g/mol. The van der Waals surface area contributed by atoms with Gasteiger partial charge in [0.15, 0.2) is 0 Å². The van der Waals surface area contributed by atoms with Crippen molar-refractivity contribution < 1.29 is 19.2 Å². The predicted molar refractivity (Wildman–Crippen MR) is 89.3 cm³/mol. The molecule has 1 N–H and O–H groups in total. The highest BCUT2D eigenvalue weighted by Gasteiger charge is 2.27. The first-order valence-corrected chi connectivity index (χ1v) is 7.73. The van der Waals surface area contributed by atoms with Gasteiger partial charge in [0.25, 0.3) is 11.6 Å². The van der Waals surface area contributed by atoms with Gasteiger partial charge in [-0.25, -0.2) is 4.39 Å². The van der Waals surface area contributed by atoms with Crippen LogP contribution in [-0.4, -0.2) is 47.0 Å². The lowest BCUT2D eigenvalue weighted by Crippen LogP contribution is -2.49. The van der Waals surface area contributed by atoms with E-state index in [1.165, 1.54) is 6.07 Å². The molecule has 1 heterocycles. The van der Waals surface area contributed by atoms with E-state index >= 15 is 0 Å². The molecule has 3 rings (SSSR count). The van der Waals surface area contributed by atoms with Crippen molar-refractivity contribution in [3.8, 4) is 5.75 Å². The number of aromatic hydroxyl groups is 1. The second kappa shape index (κ2) is 6.76. The summed E-state index contributed by atoms with van der Waals surface area (Å²) in [5, 5.41) is 20.9. The minimum absolute atomic E-state index is 0.0873. The summed E-state index contributed by atoms with van der Waals surface area (Å²) in [4.78, 5) is 26.3. The van der Waals surface area contributed by atoms with Crippen LogP contribution in [0.2, 0.25) is 0 Å². The average Bonchev–Trinajstić information content (AvgIpc) is 2.61. The van der Waals surface area contributed by atoms with E-state index in [9.17, 15) is 24.4 Å². The van der Waals surface area contributed by atoms with Gasteiger partial charge in [0, 0.05) is 38.3 Å². The number of hydrogen-bond acceptors (Lipinski definition) is 5.